The molecule has 3 aromatic rings. The van der Waals surface area contributed by atoms with Crippen molar-refractivity contribution in [2.45, 2.75) is 19.9 Å². The summed E-state index contributed by atoms with van der Waals surface area (Å²) in [5, 5.41) is 11.5. The monoisotopic (exact) mass is 501 g/mol. The van der Waals surface area contributed by atoms with Crippen LogP contribution in [0.15, 0.2) is 63.5 Å². The number of rotatable bonds is 5. The number of allylic oxidation sites excluding steroid dienone is 1. The van der Waals surface area contributed by atoms with Gasteiger partial charge in [0.15, 0.2) is 4.80 Å². The summed E-state index contributed by atoms with van der Waals surface area (Å²) in [6.45, 7) is 3.33. The van der Waals surface area contributed by atoms with Gasteiger partial charge in [-0.1, -0.05) is 41.1 Å². The fourth-order valence-electron chi connectivity index (χ4n) is 3.70. The third kappa shape index (κ3) is 4.17. The molecule has 0 saturated carbocycles. The minimum absolute atomic E-state index is 0.0441. The molecule has 4 rings (SSSR count). The van der Waals surface area contributed by atoms with Gasteiger partial charge in [0.1, 0.15) is 5.82 Å². The molecule has 0 spiro atoms. The predicted molar refractivity (Wildman–Crippen MR) is 125 cm³/mol. The highest BCUT2D eigenvalue weighted by atomic mass is 35.5. The van der Waals surface area contributed by atoms with Crippen molar-refractivity contribution in [1.29, 1.82) is 0 Å². The Balaban J connectivity index is 2.01. The summed E-state index contributed by atoms with van der Waals surface area (Å²) in [5.74, 6) is -1.29. The SMILES string of the molecule is CCOC(=O)C1=C(C)N=c2s/c(=C/c3c(F)cccc3Cl)c(=O)n2[C@H]1c1cccc([N+](=O)[O-])c1. The molecule has 8 nitrogen and oxygen atoms in total. The first-order valence-corrected chi connectivity index (χ1v) is 11.3. The third-order valence-corrected chi connectivity index (χ3v) is 6.50. The Labute approximate surface area is 201 Å². The predicted octanol–water partition coefficient (Wildman–Crippen LogP) is 3.50. The third-order valence-electron chi connectivity index (χ3n) is 5.19. The molecule has 0 unspecified atom stereocenters. The van der Waals surface area contributed by atoms with Crippen LogP contribution in [0.2, 0.25) is 5.02 Å². The fraction of sp³-hybridized carbons (Fsp3) is 0.174. The van der Waals surface area contributed by atoms with Gasteiger partial charge in [-0.25, -0.2) is 14.2 Å². The molecule has 2 aromatic carbocycles. The quantitative estimate of drug-likeness (QED) is 0.302. The van der Waals surface area contributed by atoms with Gasteiger partial charge in [0.05, 0.1) is 38.4 Å². The van der Waals surface area contributed by atoms with E-state index >= 15 is 0 Å². The van der Waals surface area contributed by atoms with E-state index < -0.39 is 28.3 Å². The van der Waals surface area contributed by atoms with E-state index in [4.69, 9.17) is 16.3 Å². The van der Waals surface area contributed by atoms with Gasteiger partial charge in [0.25, 0.3) is 11.2 Å². The van der Waals surface area contributed by atoms with E-state index in [0.29, 0.717) is 11.3 Å². The molecule has 0 fully saturated rings. The number of benzene rings is 2. The zero-order valence-electron chi connectivity index (χ0n) is 18.0. The molecule has 1 aliphatic heterocycles. The molecule has 0 bridgehead atoms. The topological polar surface area (TPSA) is 104 Å². The number of carbonyl (C=O) groups excluding carboxylic acids is 1. The second-order valence-corrected chi connectivity index (χ2v) is 8.71. The van der Waals surface area contributed by atoms with Crippen molar-refractivity contribution < 1.29 is 18.8 Å². The molecular formula is C23H17ClFN3O5S. The zero-order valence-corrected chi connectivity index (χ0v) is 19.5. The number of fused-ring (bicyclic) bond motifs is 1. The number of hydrogen-bond donors (Lipinski definition) is 0. The van der Waals surface area contributed by atoms with Gasteiger partial charge in [-0.3, -0.25) is 19.5 Å². The summed E-state index contributed by atoms with van der Waals surface area (Å²) in [6, 6.07) is 8.83. The number of nitro groups is 1. The Hall–Kier alpha value is -3.63. The fourth-order valence-corrected chi connectivity index (χ4v) is 4.94. The van der Waals surface area contributed by atoms with Crippen LogP contribution in [0, 0.1) is 15.9 Å². The molecule has 2 heterocycles. The highest BCUT2D eigenvalue weighted by molar-refractivity contribution is 7.07. The van der Waals surface area contributed by atoms with Crippen LogP contribution < -0.4 is 14.9 Å². The summed E-state index contributed by atoms with van der Waals surface area (Å²) in [6.07, 6.45) is 1.33. The van der Waals surface area contributed by atoms with Crippen LogP contribution >= 0.6 is 22.9 Å². The zero-order chi connectivity index (χ0) is 24.6. The van der Waals surface area contributed by atoms with E-state index in [1.54, 1.807) is 19.9 Å². The van der Waals surface area contributed by atoms with Crippen molar-refractivity contribution in [3.8, 4) is 0 Å². The number of non-ortho nitro benzene ring substituents is 1. The Bertz CT molecular complexity index is 1520. The van der Waals surface area contributed by atoms with E-state index in [9.17, 15) is 24.1 Å². The van der Waals surface area contributed by atoms with Crippen molar-refractivity contribution >= 4 is 40.7 Å². The van der Waals surface area contributed by atoms with Crippen molar-refractivity contribution in [3.63, 3.8) is 0 Å². The van der Waals surface area contributed by atoms with E-state index in [1.807, 2.05) is 0 Å². The minimum Gasteiger partial charge on any atom is -0.463 e. The van der Waals surface area contributed by atoms with Gasteiger partial charge in [-0.15, -0.1) is 0 Å². The van der Waals surface area contributed by atoms with Crippen molar-refractivity contribution in [1.82, 2.24) is 4.57 Å². The average molecular weight is 502 g/mol. The Morgan fingerprint density at radius 3 is 2.76 bits per heavy atom. The molecule has 0 radical (unpaired) electrons. The van der Waals surface area contributed by atoms with Gasteiger partial charge in [-0.05, 0) is 37.6 Å². The molecule has 1 atom stereocenters. The Kier molecular flexibility index (Phi) is 6.45. The van der Waals surface area contributed by atoms with Crippen LogP contribution in [0.1, 0.15) is 31.0 Å². The van der Waals surface area contributed by atoms with E-state index in [-0.39, 0.29) is 37.8 Å². The van der Waals surface area contributed by atoms with Gasteiger partial charge in [0.2, 0.25) is 0 Å². The lowest BCUT2D eigenvalue weighted by Gasteiger charge is -2.24. The van der Waals surface area contributed by atoms with Gasteiger partial charge in [-0.2, -0.15) is 0 Å². The summed E-state index contributed by atoms with van der Waals surface area (Å²) < 4.78 is 20.9. The molecule has 0 N–H and O–H groups in total. The average Bonchev–Trinajstić information content (AvgIpc) is 3.10. The van der Waals surface area contributed by atoms with Crippen LogP contribution in [0.25, 0.3) is 6.08 Å². The minimum atomic E-state index is -1.02. The molecule has 0 aliphatic carbocycles. The number of nitrogens with zero attached hydrogens (tertiary/aromatic N) is 3. The van der Waals surface area contributed by atoms with E-state index in [1.165, 1.54) is 47.0 Å². The van der Waals surface area contributed by atoms with E-state index in [2.05, 4.69) is 4.99 Å². The number of halogens is 2. The molecule has 0 saturated heterocycles. The van der Waals surface area contributed by atoms with Crippen molar-refractivity contribution in [2.75, 3.05) is 6.61 Å². The number of thiazole rings is 1. The molecule has 1 aliphatic rings. The van der Waals surface area contributed by atoms with Crippen LogP contribution in [0.3, 0.4) is 0 Å². The van der Waals surface area contributed by atoms with Crippen LogP contribution in [0.4, 0.5) is 10.1 Å². The maximum atomic E-state index is 14.4. The largest absolute Gasteiger partial charge is 0.463 e. The summed E-state index contributed by atoms with van der Waals surface area (Å²) in [7, 11) is 0. The second kappa shape index (κ2) is 9.32. The summed E-state index contributed by atoms with van der Waals surface area (Å²) >= 11 is 7.12. The first kappa shape index (κ1) is 23.5. The highest BCUT2D eigenvalue weighted by Crippen LogP contribution is 2.32. The number of ether oxygens (including phenoxy) is 1. The van der Waals surface area contributed by atoms with Crippen LogP contribution in [-0.4, -0.2) is 22.1 Å². The second-order valence-electron chi connectivity index (χ2n) is 7.29. The molecule has 34 heavy (non-hydrogen) atoms. The maximum Gasteiger partial charge on any atom is 0.338 e. The lowest BCUT2D eigenvalue weighted by Crippen LogP contribution is -2.40. The Morgan fingerprint density at radius 1 is 1.35 bits per heavy atom. The van der Waals surface area contributed by atoms with Crippen LogP contribution in [-0.2, 0) is 9.53 Å². The normalized spacial score (nSPS) is 15.6. The molecule has 0 amide bonds. The first-order valence-electron chi connectivity index (χ1n) is 10.1. The summed E-state index contributed by atoms with van der Waals surface area (Å²) in [4.78, 5) is 41.8. The first-order chi connectivity index (χ1) is 16.2. The molecule has 1 aromatic heterocycles. The standard InChI is InChI=1S/C23H17ClFN3O5S/c1-3-33-22(30)19-12(2)26-23-27(20(19)13-6-4-7-14(10-13)28(31)32)21(29)18(34-23)11-15-16(24)8-5-9-17(15)25/h4-11,20H,3H2,1-2H3/b18-11+/t20-/m0/s1. The Morgan fingerprint density at radius 2 is 2.09 bits per heavy atom. The molecule has 174 valence electrons. The van der Waals surface area contributed by atoms with Crippen molar-refractivity contribution in [2.24, 2.45) is 4.99 Å². The lowest BCUT2D eigenvalue weighted by atomic mass is 9.95. The van der Waals surface area contributed by atoms with Crippen molar-refractivity contribution in [3.05, 3.63) is 106 Å². The molecular weight excluding hydrogens is 485 g/mol. The maximum absolute atomic E-state index is 14.4. The number of nitro benzene ring substituents is 1. The number of esters is 1. The van der Waals surface area contributed by atoms with Gasteiger partial charge in [0, 0.05) is 17.7 Å². The van der Waals surface area contributed by atoms with Gasteiger partial charge >= 0.3 is 5.97 Å². The lowest BCUT2D eigenvalue weighted by molar-refractivity contribution is -0.384. The smallest absolute Gasteiger partial charge is 0.338 e. The van der Waals surface area contributed by atoms with E-state index in [0.717, 1.165) is 11.3 Å². The van der Waals surface area contributed by atoms with Gasteiger partial charge < -0.3 is 4.74 Å². The molecule has 11 heteroatoms. The highest BCUT2D eigenvalue weighted by Gasteiger charge is 2.34. The summed E-state index contributed by atoms with van der Waals surface area (Å²) in [5.41, 5.74) is 0.0344. The van der Waals surface area contributed by atoms with Crippen LogP contribution in [0.5, 0.6) is 0 Å². The number of aromatic nitrogens is 1. The number of carbonyl (C=O) groups is 1. The number of hydrogen-bond acceptors (Lipinski definition) is 7.